The predicted molar refractivity (Wildman–Crippen MR) is 177 cm³/mol. The second kappa shape index (κ2) is 12.7. The number of hydrogen-bond acceptors (Lipinski definition) is 5. The van der Waals surface area contributed by atoms with Crippen molar-refractivity contribution in [2.75, 3.05) is 29.5 Å². The number of carbonyl (C=O) groups excluding carboxylic acids is 3. The summed E-state index contributed by atoms with van der Waals surface area (Å²) in [6, 6.07) is 24.8. The van der Waals surface area contributed by atoms with Gasteiger partial charge in [0.15, 0.2) is 5.60 Å². The molecule has 0 unspecified atom stereocenters. The Morgan fingerprint density at radius 2 is 1.72 bits per heavy atom. The largest absolute Gasteiger partial charge is 0.395 e. The van der Waals surface area contributed by atoms with E-state index in [-0.39, 0.29) is 37.3 Å². The zero-order valence-corrected chi connectivity index (χ0v) is 27.7. The molecule has 3 aromatic rings. The number of ether oxygens (including phenoxy) is 1. The van der Waals surface area contributed by atoms with Crippen LogP contribution in [-0.2, 0) is 37.8 Å². The van der Waals surface area contributed by atoms with E-state index in [2.05, 4.69) is 0 Å². The lowest BCUT2D eigenvalue weighted by Crippen LogP contribution is -2.45. The first-order chi connectivity index (χ1) is 22.0. The highest BCUT2D eigenvalue weighted by molar-refractivity contribution is 6.72. The maximum Gasteiger partial charge on any atom is 0.264 e. The maximum atomic E-state index is 16.4. The number of rotatable bonds is 10. The third kappa shape index (κ3) is 5.78. The monoisotopic (exact) mass is 643 g/mol. The fourth-order valence-corrected chi connectivity index (χ4v) is 10.3. The van der Waals surface area contributed by atoms with E-state index in [9.17, 15) is 19.5 Å². The summed E-state index contributed by atoms with van der Waals surface area (Å²) in [6.07, 6.45) is 0.260. The minimum absolute atomic E-state index is 0.0286. The van der Waals surface area contributed by atoms with Crippen molar-refractivity contribution < 1.29 is 28.3 Å². The Bertz CT molecular complexity index is 1600. The third-order valence-electron chi connectivity index (χ3n) is 9.83. The van der Waals surface area contributed by atoms with Crippen molar-refractivity contribution in [2.24, 2.45) is 5.92 Å². The lowest BCUT2D eigenvalue weighted by atomic mass is 9.82. The summed E-state index contributed by atoms with van der Waals surface area (Å²) in [5, 5.41) is 9.79. The van der Waals surface area contributed by atoms with Gasteiger partial charge in [0, 0.05) is 48.8 Å². The molecular weight excluding hydrogens is 601 g/mol. The van der Waals surface area contributed by atoms with E-state index in [0.717, 1.165) is 17.5 Å². The molecule has 1 N–H and O–H groups in total. The molecule has 8 nitrogen and oxygen atoms in total. The van der Waals surface area contributed by atoms with Crippen molar-refractivity contribution in [1.29, 1.82) is 0 Å². The van der Waals surface area contributed by atoms with Crippen LogP contribution >= 0.6 is 0 Å². The van der Waals surface area contributed by atoms with Crippen LogP contribution in [0.4, 0.5) is 15.5 Å². The summed E-state index contributed by atoms with van der Waals surface area (Å²) in [5.74, 6) is -1.09. The number of amides is 3. The van der Waals surface area contributed by atoms with Crippen LogP contribution in [0, 0.1) is 5.92 Å². The molecule has 242 valence electrons. The second-order valence-corrected chi connectivity index (χ2v) is 17.0. The highest BCUT2D eigenvalue weighted by Crippen LogP contribution is 2.60. The Morgan fingerprint density at radius 1 is 1.04 bits per heavy atom. The van der Waals surface area contributed by atoms with Crippen molar-refractivity contribution in [2.45, 2.75) is 69.6 Å². The minimum Gasteiger partial charge on any atom is -0.395 e. The molecule has 3 amide bonds. The molecule has 4 atom stereocenters. The van der Waals surface area contributed by atoms with Crippen LogP contribution in [0.25, 0.3) is 0 Å². The van der Waals surface area contributed by atoms with Gasteiger partial charge in [0.2, 0.25) is 20.2 Å². The molecule has 0 aromatic heterocycles. The zero-order valence-electron chi connectivity index (χ0n) is 26.7. The SMILES string of the molecule is C[C@@H]1[C@@H]([Si](C)(C)F)[C@H](CC(=O)N(CCO)Cc2ccccc2)O[C@@]12C(=O)N(Cc1ccccc1)c1ccc(N3CCCC3=O)cc12. The van der Waals surface area contributed by atoms with E-state index >= 15 is 4.11 Å². The van der Waals surface area contributed by atoms with Crippen LogP contribution in [0.15, 0.2) is 78.9 Å². The molecule has 3 heterocycles. The fourth-order valence-electron chi connectivity index (χ4n) is 7.76. The molecule has 3 aliphatic rings. The number of anilines is 2. The molecule has 1 spiro atoms. The van der Waals surface area contributed by atoms with Gasteiger partial charge in [-0.15, -0.1) is 0 Å². The molecule has 0 aliphatic carbocycles. The van der Waals surface area contributed by atoms with E-state index in [4.69, 9.17) is 4.74 Å². The molecule has 6 rings (SSSR count). The zero-order chi connectivity index (χ0) is 32.6. The summed E-state index contributed by atoms with van der Waals surface area (Å²) >= 11 is 0. The second-order valence-electron chi connectivity index (χ2n) is 13.2. The van der Waals surface area contributed by atoms with Crippen LogP contribution in [0.2, 0.25) is 18.6 Å². The van der Waals surface area contributed by atoms with Gasteiger partial charge >= 0.3 is 0 Å². The topological polar surface area (TPSA) is 90.4 Å². The highest BCUT2D eigenvalue weighted by Gasteiger charge is 2.67. The lowest BCUT2D eigenvalue weighted by Gasteiger charge is -2.31. The Kier molecular flexibility index (Phi) is 8.88. The number of benzene rings is 3. The van der Waals surface area contributed by atoms with Crippen molar-refractivity contribution in [3.8, 4) is 0 Å². The molecule has 3 aliphatic heterocycles. The normalized spacial score (nSPS) is 24.2. The Hall–Kier alpha value is -3.86. The Morgan fingerprint density at radius 3 is 2.33 bits per heavy atom. The molecule has 0 bridgehead atoms. The smallest absolute Gasteiger partial charge is 0.264 e. The number of nitrogens with zero attached hydrogens (tertiary/aromatic N) is 3. The van der Waals surface area contributed by atoms with E-state index in [1.165, 1.54) is 0 Å². The third-order valence-corrected chi connectivity index (χ3v) is 12.3. The average molecular weight is 644 g/mol. The minimum atomic E-state index is -3.52. The lowest BCUT2D eigenvalue weighted by molar-refractivity contribution is -0.150. The quantitative estimate of drug-likeness (QED) is 0.231. The van der Waals surface area contributed by atoms with Crippen molar-refractivity contribution in [3.63, 3.8) is 0 Å². The number of aliphatic hydroxyl groups is 1. The van der Waals surface area contributed by atoms with E-state index in [1.807, 2.05) is 85.8 Å². The summed E-state index contributed by atoms with van der Waals surface area (Å²) in [6.45, 7) is 6.22. The van der Waals surface area contributed by atoms with Gasteiger partial charge in [0.05, 0.1) is 31.4 Å². The fraction of sp³-hybridized carbons (Fsp3) is 0.417. The number of halogens is 1. The van der Waals surface area contributed by atoms with Gasteiger partial charge in [-0.1, -0.05) is 67.6 Å². The Labute approximate surface area is 270 Å². The maximum absolute atomic E-state index is 16.4. The molecule has 46 heavy (non-hydrogen) atoms. The van der Waals surface area contributed by atoms with Gasteiger partial charge in [-0.2, -0.15) is 0 Å². The van der Waals surface area contributed by atoms with E-state index in [1.54, 1.807) is 27.8 Å². The molecule has 3 aromatic carbocycles. The first-order valence-corrected chi connectivity index (χ1v) is 19.1. The molecule has 0 saturated carbocycles. The Balaban J connectivity index is 1.40. The van der Waals surface area contributed by atoms with Crippen LogP contribution in [-0.4, -0.2) is 61.9 Å². The molecule has 2 saturated heterocycles. The summed E-state index contributed by atoms with van der Waals surface area (Å²) in [7, 11) is -3.52. The van der Waals surface area contributed by atoms with Crippen LogP contribution in [0.3, 0.4) is 0 Å². The summed E-state index contributed by atoms with van der Waals surface area (Å²) < 4.78 is 23.3. The number of aliphatic hydroxyl groups excluding tert-OH is 1. The first kappa shape index (κ1) is 32.1. The van der Waals surface area contributed by atoms with E-state index in [0.29, 0.717) is 43.0 Å². The van der Waals surface area contributed by atoms with Gasteiger partial charge < -0.3 is 28.7 Å². The average Bonchev–Trinajstić information content (AvgIpc) is 3.66. The van der Waals surface area contributed by atoms with Gasteiger partial charge in [-0.25, -0.2) is 0 Å². The summed E-state index contributed by atoms with van der Waals surface area (Å²) in [4.78, 5) is 46.4. The predicted octanol–water partition coefficient (Wildman–Crippen LogP) is 5.55. The summed E-state index contributed by atoms with van der Waals surface area (Å²) in [5.41, 5.74) is 1.66. The number of fused-ring (bicyclic) bond motifs is 2. The standard InChI is InChI=1S/C36H42FN3O5Si/c1-25-34(46(2,3)37)31(22-33(43)38(19-20-41)23-26-11-6-4-7-12-26)45-36(25)29-21-28(39-18-10-15-32(39)42)16-17-30(29)40(35(36)44)24-27-13-8-5-9-14-27/h4-9,11-14,16-17,21,25,31,34,41H,10,15,18-20,22-24H2,1-3H3/t25-,31+,34-,36+/m1/s1. The van der Waals surface area contributed by atoms with Gasteiger partial charge in [-0.3, -0.25) is 14.4 Å². The highest BCUT2D eigenvalue weighted by atomic mass is 28.4. The van der Waals surface area contributed by atoms with E-state index < -0.39 is 31.6 Å². The van der Waals surface area contributed by atoms with Gasteiger partial charge in [-0.05, 0) is 48.8 Å². The molecular formula is C36H42FN3O5Si. The van der Waals surface area contributed by atoms with Gasteiger partial charge in [0.25, 0.3) is 5.91 Å². The first-order valence-electron chi connectivity index (χ1n) is 16.1. The van der Waals surface area contributed by atoms with Crippen molar-refractivity contribution in [3.05, 3.63) is 95.6 Å². The van der Waals surface area contributed by atoms with Crippen LogP contribution in [0.5, 0.6) is 0 Å². The van der Waals surface area contributed by atoms with Crippen LogP contribution < -0.4 is 9.80 Å². The molecule has 0 radical (unpaired) electrons. The number of carbonyl (C=O) groups is 3. The van der Waals surface area contributed by atoms with Gasteiger partial charge in [0.1, 0.15) is 0 Å². The molecule has 2 fully saturated rings. The van der Waals surface area contributed by atoms with Crippen molar-refractivity contribution in [1.82, 2.24) is 4.90 Å². The van der Waals surface area contributed by atoms with Crippen LogP contribution in [0.1, 0.15) is 42.9 Å². The van der Waals surface area contributed by atoms with Crippen molar-refractivity contribution >= 4 is 37.5 Å². The molecule has 10 heteroatoms. The number of hydrogen-bond donors (Lipinski definition) is 1.